The summed E-state index contributed by atoms with van der Waals surface area (Å²) in [4.78, 5) is 11.4. The average molecular weight is 268 g/mol. The maximum absolute atomic E-state index is 4.65. The largest absolute Gasteiger partial charge is 0.326 e. The van der Waals surface area contributed by atoms with Gasteiger partial charge in [-0.1, -0.05) is 11.6 Å². The van der Waals surface area contributed by atoms with Crippen LogP contribution in [0.25, 0.3) is 21.9 Å². The summed E-state index contributed by atoms with van der Waals surface area (Å²) in [6.07, 6.45) is 1.88. The van der Waals surface area contributed by atoms with Crippen molar-refractivity contribution >= 4 is 21.9 Å². The zero-order valence-electron chi connectivity index (χ0n) is 12.5. The van der Waals surface area contributed by atoms with Crippen LogP contribution in [-0.2, 0) is 6.54 Å². The molecule has 4 heteroatoms. The minimum absolute atomic E-state index is 0.947. The highest BCUT2D eigenvalue weighted by atomic mass is 15.1. The summed E-state index contributed by atoms with van der Waals surface area (Å²) in [5, 5.41) is 1.20. The van der Waals surface area contributed by atoms with E-state index in [1.807, 2.05) is 6.20 Å². The molecule has 3 rings (SSSR count). The third-order valence-electron chi connectivity index (χ3n) is 3.69. The summed E-state index contributed by atoms with van der Waals surface area (Å²) in [5.41, 5.74) is 4.48. The second kappa shape index (κ2) is 4.87. The Morgan fingerprint density at radius 1 is 1.15 bits per heavy atom. The van der Waals surface area contributed by atoms with Crippen molar-refractivity contribution in [3.05, 3.63) is 35.8 Å². The summed E-state index contributed by atoms with van der Waals surface area (Å²) in [6, 6.07) is 6.40. The number of pyridine rings is 1. The molecule has 0 radical (unpaired) electrons. The lowest BCUT2D eigenvalue weighted by atomic mass is 10.1. The molecule has 0 aliphatic rings. The van der Waals surface area contributed by atoms with Crippen molar-refractivity contribution in [2.45, 2.75) is 20.4 Å². The SMILES string of the molecule is Cc1ccc2ncc3nc(C)n(CCN(C)C)c3c2c1. The number of hydrogen-bond acceptors (Lipinski definition) is 3. The van der Waals surface area contributed by atoms with Crippen LogP contribution < -0.4 is 0 Å². The number of aryl methyl sites for hydroxylation is 2. The number of imidazole rings is 1. The molecule has 0 amide bonds. The van der Waals surface area contributed by atoms with E-state index >= 15 is 0 Å². The highest BCUT2D eigenvalue weighted by Gasteiger charge is 2.11. The summed E-state index contributed by atoms with van der Waals surface area (Å²) in [7, 11) is 4.19. The summed E-state index contributed by atoms with van der Waals surface area (Å²) in [6.45, 7) is 6.13. The van der Waals surface area contributed by atoms with Crippen molar-refractivity contribution in [1.29, 1.82) is 0 Å². The molecule has 2 heterocycles. The Kier molecular flexibility index (Phi) is 3.18. The van der Waals surface area contributed by atoms with Crippen LogP contribution in [0.15, 0.2) is 24.4 Å². The maximum atomic E-state index is 4.65. The molecule has 1 aromatic carbocycles. The number of nitrogens with zero attached hydrogens (tertiary/aromatic N) is 4. The first-order chi connectivity index (χ1) is 9.56. The maximum Gasteiger partial charge on any atom is 0.108 e. The summed E-state index contributed by atoms with van der Waals surface area (Å²) < 4.78 is 2.30. The number of likely N-dealkylation sites (N-methyl/N-ethyl adjacent to an activating group) is 1. The molecule has 104 valence electrons. The third kappa shape index (κ3) is 2.16. The first-order valence-electron chi connectivity index (χ1n) is 6.93. The van der Waals surface area contributed by atoms with E-state index in [1.54, 1.807) is 0 Å². The topological polar surface area (TPSA) is 34.0 Å². The first kappa shape index (κ1) is 13.1. The molecule has 0 aliphatic carbocycles. The van der Waals surface area contributed by atoms with E-state index in [4.69, 9.17) is 0 Å². The highest BCUT2D eigenvalue weighted by molar-refractivity contribution is 6.02. The van der Waals surface area contributed by atoms with Crippen LogP contribution in [-0.4, -0.2) is 40.1 Å². The van der Waals surface area contributed by atoms with E-state index in [2.05, 4.69) is 65.6 Å². The van der Waals surface area contributed by atoms with Gasteiger partial charge in [0.15, 0.2) is 0 Å². The van der Waals surface area contributed by atoms with Crippen LogP contribution in [0.1, 0.15) is 11.4 Å². The normalized spacial score (nSPS) is 11.8. The molecule has 0 saturated heterocycles. The van der Waals surface area contributed by atoms with Crippen molar-refractivity contribution in [3.63, 3.8) is 0 Å². The molecule has 20 heavy (non-hydrogen) atoms. The molecule has 0 N–H and O–H groups in total. The zero-order chi connectivity index (χ0) is 14.3. The van der Waals surface area contributed by atoms with Crippen LogP contribution in [0.2, 0.25) is 0 Å². The Bertz CT molecular complexity index is 771. The number of fused-ring (bicyclic) bond motifs is 3. The molecule has 2 aromatic heterocycles. The van der Waals surface area contributed by atoms with Gasteiger partial charge in [-0.25, -0.2) is 4.98 Å². The molecule has 0 spiro atoms. The third-order valence-corrected chi connectivity index (χ3v) is 3.69. The molecule has 0 aliphatic heterocycles. The van der Waals surface area contributed by atoms with Crippen molar-refractivity contribution in [2.24, 2.45) is 0 Å². The fourth-order valence-electron chi connectivity index (χ4n) is 2.62. The molecule has 0 unspecified atom stereocenters. The van der Waals surface area contributed by atoms with E-state index < -0.39 is 0 Å². The van der Waals surface area contributed by atoms with E-state index in [0.29, 0.717) is 0 Å². The molecular formula is C16H20N4. The van der Waals surface area contributed by atoms with Crippen molar-refractivity contribution in [1.82, 2.24) is 19.4 Å². The summed E-state index contributed by atoms with van der Waals surface area (Å²) >= 11 is 0. The standard InChI is InChI=1S/C16H20N4/c1-11-5-6-14-13(9-11)16-15(10-17-14)18-12(2)20(16)8-7-19(3)4/h5-6,9-10H,7-8H2,1-4H3. The van der Waals surface area contributed by atoms with Crippen LogP contribution in [0.5, 0.6) is 0 Å². The van der Waals surface area contributed by atoms with Gasteiger partial charge in [-0.05, 0) is 40.1 Å². The van der Waals surface area contributed by atoms with Gasteiger partial charge in [0, 0.05) is 18.5 Å². The minimum atomic E-state index is 0.947. The Morgan fingerprint density at radius 3 is 2.70 bits per heavy atom. The molecule has 0 bridgehead atoms. The molecule has 0 atom stereocenters. The molecular weight excluding hydrogens is 248 g/mol. The van der Waals surface area contributed by atoms with E-state index in [9.17, 15) is 0 Å². The number of aromatic nitrogens is 3. The Labute approximate surface area is 119 Å². The van der Waals surface area contributed by atoms with Gasteiger partial charge in [-0.15, -0.1) is 0 Å². The van der Waals surface area contributed by atoms with Gasteiger partial charge in [0.2, 0.25) is 0 Å². The smallest absolute Gasteiger partial charge is 0.108 e. The van der Waals surface area contributed by atoms with Crippen LogP contribution in [0, 0.1) is 13.8 Å². The Morgan fingerprint density at radius 2 is 1.95 bits per heavy atom. The molecule has 3 aromatic rings. The van der Waals surface area contributed by atoms with Gasteiger partial charge >= 0.3 is 0 Å². The van der Waals surface area contributed by atoms with Crippen LogP contribution in [0.3, 0.4) is 0 Å². The molecule has 0 saturated carbocycles. The highest BCUT2D eigenvalue weighted by Crippen LogP contribution is 2.25. The van der Waals surface area contributed by atoms with Crippen molar-refractivity contribution in [2.75, 3.05) is 20.6 Å². The second-order valence-corrected chi connectivity index (χ2v) is 5.63. The van der Waals surface area contributed by atoms with Crippen LogP contribution >= 0.6 is 0 Å². The quantitative estimate of drug-likeness (QED) is 0.732. The van der Waals surface area contributed by atoms with Crippen molar-refractivity contribution in [3.8, 4) is 0 Å². The lowest BCUT2D eigenvalue weighted by Gasteiger charge is -2.13. The van der Waals surface area contributed by atoms with Crippen molar-refractivity contribution < 1.29 is 0 Å². The van der Waals surface area contributed by atoms with Gasteiger partial charge in [-0.2, -0.15) is 0 Å². The van der Waals surface area contributed by atoms with Gasteiger partial charge in [0.1, 0.15) is 11.3 Å². The van der Waals surface area contributed by atoms with Gasteiger partial charge in [-0.3, -0.25) is 4.98 Å². The zero-order valence-corrected chi connectivity index (χ0v) is 12.5. The van der Waals surface area contributed by atoms with Gasteiger partial charge in [0.25, 0.3) is 0 Å². The second-order valence-electron chi connectivity index (χ2n) is 5.63. The fraction of sp³-hybridized carbons (Fsp3) is 0.375. The predicted octanol–water partition coefficient (Wildman–Crippen LogP) is 2.76. The predicted molar refractivity (Wildman–Crippen MR) is 83.1 cm³/mol. The van der Waals surface area contributed by atoms with Gasteiger partial charge < -0.3 is 9.47 Å². The molecule has 4 nitrogen and oxygen atoms in total. The van der Waals surface area contributed by atoms with E-state index in [-0.39, 0.29) is 0 Å². The number of benzene rings is 1. The fourth-order valence-corrected chi connectivity index (χ4v) is 2.62. The molecule has 0 fully saturated rings. The first-order valence-corrected chi connectivity index (χ1v) is 6.93. The number of rotatable bonds is 3. The Balaban J connectivity index is 2.27. The van der Waals surface area contributed by atoms with E-state index in [1.165, 1.54) is 16.5 Å². The lowest BCUT2D eigenvalue weighted by molar-refractivity contribution is 0.384. The van der Waals surface area contributed by atoms with Crippen LogP contribution in [0.4, 0.5) is 0 Å². The summed E-state index contributed by atoms with van der Waals surface area (Å²) in [5.74, 6) is 1.05. The minimum Gasteiger partial charge on any atom is -0.326 e. The lowest BCUT2D eigenvalue weighted by Crippen LogP contribution is -2.19. The van der Waals surface area contributed by atoms with Gasteiger partial charge in [0.05, 0.1) is 17.2 Å². The number of hydrogen-bond donors (Lipinski definition) is 0. The monoisotopic (exact) mass is 268 g/mol. The van der Waals surface area contributed by atoms with E-state index in [0.717, 1.165) is 29.9 Å². The average Bonchev–Trinajstić information content (AvgIpc) is 2.72. The Hall–Kier alpha value is -1.94.